The predicted molar refractivity (Wildman–Crippen MR) is 134 cm³/mol. The summed E-state index contributed by atoms with van der Waals surface area (Å²) in [6.07, 6.45) is 0. The van der Waals surface area contributed by atoms with Gasteiger partial charge >= 0.3 is 0 Å². The fourth-order valence-corrected chi connectivity index (χ4v) is 4.16. The smallest absolute Gasteiger partial charge is 0.270 e. The molecule has 0 aliphatic heterocycles. The van der Waals surface area contributed by atoms with Gasteiger partial charge in [0, 0.05) is 30.4 Å². The van der Waals surface area contributed by atoms with E-state index in [1.54, 1.807) is 11.6 Å². The number of carbonyl (C=O) groups excluding carboxylic acids is 2. The number of nitrogens with zero attached hydrogens (tertiary/aromatic N) is 4. The number of carbonyl (C=O) groups is 2. The minimum atomic E-state index is -0.542. The van der Waals surface area contributed by atoms with Crippen molar-refractivity contribution in [3.05, 3.63) is 75.1 Å². The SMILES string of the molecule is Cc1cccc(NC(=O)CSc2nnc([C@@H](NC(=O)c3cccc([N+](=O)[O-])c3)C(C)C)n2C)c1C. The van der Waals surface area contributed by atoms with Crippen LogP contribution in [-0.4, -0.2) is 37.3 Å². The maximum absolute atomic E-state index is 12.8. The first kappa shape index (κ1) is 25.9. The van der Waals surface area contributed by atoms with Gasteiger partial charge < -0.3 is 15.2 Å². The van der Waals surface area contributed by atoms with E-state index < -0.39 is 16.9 Å². The van der Waals surface area contributed by atoms with Crippen LogP contribution < -0.4 is 10.6 Å². The Hall–Kier alpha value is -3.73. The zero-order chi connectivity index (χ0) is 25.7. The topological polar surface area (TPSA) is 132 Å². The number of nitrogens with one attached hydrogen (secondary N) is 2. The zero-order valence-corrected chi connectivity index (χ0v) is 21.0. The number of hydrogen-bond acceptors (Lipinski definition) is 7. The first-order chi connectivity index (χ1) is 16.6. The molecule has 0 saturated carbocycles. The molecule has 10 nitrogen and oxygen atoms in total. The molecule has 0 aliphatic rings. The molecule has 0 radical (unpaired) electrons. The molecule has 2 N–H and O–H groups in total. The molecule has 1 aromatic heterocycles. The van der Waals surface area contributed by atoms with Crippen LogP contribution in [0.1, 0.15) is 47.2 Å². The Bertz CT molecular complexity index is 1260. The second-order valence-corrected chi connectivity index (χ2v) is 9.43. The zero-order valence-electron chi connectivity index (χ0n) is 20.2. The Kier molecular flexibility index (Phi) is 8.23. The van der Waals surface area contributed by atoms with Crippen molar-refractivity contribution in [2.45, 2.75) is 38.9 Å². The highest BCUT2D eigenvalue weighted by atomic mass is 32.2. The van der Waals surface area contributed by atoms with Crippen LogP contribution in [0.2, 0.25) is 0 Å². The Morgan fingerprint density at radius 3 is 2.54 bits per heavy atom. The molecule has 0 unspecified atom stereocenters. The maximum atomic E-state index is 12.8. The number of anilines is 1. The molecule has 0 spiro atoms. The molecule has 1 heterocycles. The fraction of sp³-hybridized carbons (Fsp3) is 0.333. The third kappa shape index (κ3) is 6.24. The van der Waals surface area contributed by atoms with Gasteiger partial charge in [0.05, 0.1) is 16.7 Å². The van der Waals surface area contributed by atoms with Crippen molar-refractivity contribution >= 4 is 35.0 Å². The lowest BCUT2D eigenvalue weighted by Gasteiger charge is -2.21. The first-order valence-corrected chi connectivity index (χ1v) is 12.0. The van der Waals surface area contributed by atoms with Gasteiger partial charge in [-0.25, -0.2) is 0 Å². The van der Waals surface area contributed by atoms with Crippen LogP contribution in [0, 0.1) is 29.9 Å². The van der Waals surface area contributed by atoms with E-state index in [4.69, 9.17) is 0 Å². The lowest BCUT2D eigenvalue weighted by atomic mass is 10.0. The molecular weight excluding hydrogens is 468 g/mol. The standard InChI is InChI=1S/C24H28N6O4S/c1-14(2)21(26-23(32)17-9-7-10-18(12-17)30(33)34)22-27-28-24(29(22)5)35-13-20(31)25-19-11-6-8-15(3)16(19)4/h6-12,14,21H,13H2,1-5H3,(H,25,31)(H,26,32)/t21-/m0/s1. The molecule has 35 heavy (non-hydrogen) atoms. The molecular formula is C24H28N6O4S. The normalized spacial score (nSPS) is 11.8. The Morgan fingerprint density at radius 2 is 1.86 bits per heavy atom. The number of amides is 2. The second-order valence-electron chi connectivity index (χ2n) is 8.49. The van der Waals surface area contributed by atoms with E-state index in [0.717, 1.165) is 16.8 Å². The Balaban J connectivity index is 1.69. The van der Waals surface area contributed by atoms with E-state index in [2.05, 4.69) is 20.8 Å². The third-order valence-corrected chi connectivity index (χ3v) is 6.65. The summed E-state index contributed by atoms with van der Waals surface area (Å²) in [7, 11) is 1.77. The number of nitro groups is 1. The third-order valence-electron chi connectivity index (χ3n) is 5.63. The number of aromatic nitrogens is 3. The summed E-state index contributed by atoms with van der Waals surface area (Å²) >= 11 is 1.24. The van der Waals surface area contributed by atoms with Crippen LogP contribution in [0.3, 0.4) is 0 Å². The molecule has 0 fully saturated rings. The van der Waals surface area contributed by atoms with Crippen LogP contribution in [0.25, 0.3) is 0 Å². The highest BCUT2D eigenvalue weighted by Gasteiger charge is 2.26. The van der Waals surface area contributed by atoms with Crippen molar-refractivity contribution in [3.63, 3.8) is 0 Å². The lowest BCUT2D eigenvalue weighted by Crippen LogP contribution is -2.33. The van der Waals surface area contributed by atoms with Crippen molar-refractivity contribution in [2.24, 2.45) is 13.0 Å². The highest BCUT2D eigenvalue weighted by molar-refractivity contribution is 7.99. The monoisotopic (exact) mass is 496 g/mol. The number of aryl methyl sites for hydroxylation is 1. The number of thioether (sulfide) groups is 1. The molecule has 11 heteroatoms. The van der Waals surface area contributed by atoms with E-state index in [1.807, 2.05) is 45.9 Å². The molecule has 0 bridgehead atoms. The average molecular weight is 497 g/mol. The van der Waals surface area contributed by atoms with E-state index >= 15 is 0 Å². The van der Waals surface area contributed by atoms with E-state index in [9.17, 15) is 19.7 Å². The summed E-state index contributed by atoms with van der Waals surface area (Å²) in [5.41, 5.74) is 2.92. The van der Waals surface area contributed by atoms with Crippen molar-refractivity contribution in [3.8, 4) is 0 Å². The summed E-state index contributed by atoms with van der Waals surface area (Å²) in [4.78, 5) is 35.8. The highest BCUT2D eigenvalue weighted by Crippen LogP contribution is 2.25. The average Bonchev–Trinajstić information content (AvgIpc) is 3.18. The van der Waals surface area contributed by atoms with Gasteiger partial charge in [0.25, 0.3) is 11.6 Å². The van der Waals surface area contributed by atoms with Crippen LogP contribution in [-0.2, 0) is 11.8 Å². The molecule has 2 aromatic carbocycles. The molecule has 0 saturated heterocycles. The van der Waals surface area contributed by atoms with Crippen molar-refractivity contribution in [1.29, 1.82) is 0 Å². The maximum Gasteiger partial charge on any atom is 0.270 e. The van der Waals surface area contributed by atoms with Gasteiger partial charge in [-0.2, -0.15) is 0 Å². The molecule has 2 amide bonds. The van der Waals surface area contributed by atoms with E-state index in [1.165, 1.54) is 36.0 Å². The van der Waals surface area contributed by atoms with Crippen molar-refractivity contribution in [2.75, 3.05) is 11.1 Å². The van der Waals surface area contributed by atoms with Crippen LogP contribution in [0.5, 0.6) is 0 Å². The van der Waals surface area contributed by atoms with Crippen LogP contribution >= 0.6 is 11.8 Å². The number of hydrogen-bond donors (Lipinski definition) is 2. The summed E-state index contributed by atoms with van der Waals surface area (Å²) in [5, 5.41) is 25.9. The van der Waals surface area contributed by atoms with Gasteiger partial charge in [0.2, 0.25) is 5.91 Å². The molecule has 3 aromatic rings. The summed E-state index contributed by atoms with van der Waals surface area (Å²) in [5.74, 6) is 0.0264. The van der Waals surface area contributed by atoms with E-state index in [-0.39, 0.29) is 28.8 Å². The van der Waals surface area contributed by atoms with Crippen LogP contribution in [0.4, 0.5) is 11.4 Å². The molecule has 184 valence electrons. The number of rotatable bonds is 9. The Morgan fingerprint density at radius 1 is 1.14 bits per heavy atom. The van der Waals surface area contributed by atoms with E-state index in [0.29, 0.717) is 11.0 Å². The Labute approximate surface area is 207 Å². The molecule has 1 atom stereocenters. The summed E-state index contributed by atoms with van der Waals surface area (Å²) < 4.78 is 1.74. The van der Waals surface area contributed by atoms with Gasteiger partial charge in [-0.3, -0.25) is 19.7 Å². The van der Waals surface area contributed by atoms with Crippen LogP contribution in [0.15, 0.2) is 47.6 Å². The minimum Gasteiger partial charge on any atom is -0.342 e. The molecule has 3 rings (SSSR count). The lowest BCUT2D eigenvalue weighted by molar-refractivity contribution is -0.384. The van der Waals surface area contributed by atoms with Gasteiger partial charge in [0.1, 0.15) is 0 Å². The number of non-ortho nitro benzene ring substituents is 1. The van der Waals surface area contributed by atoms with Crippen molar-refractivity contribution < 1.29 is 14.5 Å². The molecule has 0 aliphatic carbocycles. The number of nitro benzene ring substituents is 1. The largest absolute Gasteiger partial charge is 0.342 e. The quantitative estimate of drug-likeness (QED) is 0.258. The fourth-order valence-electron chi connectivity index (χ4n) is 3.44. The summed E-state index contributed by atoms with van der Waals surface area (Å²) in [6.45, 7) is 7.81. The van der Waals surface area contributed by atoms with Gasteiger partial charge in [-0.05, 0) is 43.0 Å². The minimum absolute atomic E-state index is 0.0361. The number of benzene rings is 2. The van der Waals surface area contributed by atoms with Gasteiger partial charge in [-0.1, -0.05) is 43.8 Å². The first-order valence-electron chi connectivity index (χ1n) is 11.0. The second kappa shape index (κ2) is 11.1. The summed E-state index contributed by atoms with van der Waals surface area (Å²) in [6, 6.07) is 10.8. The van der Waals surface area contributed by atoms with Crippen molar-refractivity contribution in [1.82, 2.24) is 20.1 Å². The predicted octanol–water partition coefficient (Wildman–Crippen LogP) is 4.20. The van der Waals surface area contributed by atoms with Gasteiger partial charge in [0.15, 0.2) is 11.0 Å². The van der Waals surface area contributed by atoms with Gasteiger partial charge in [-0.15, -0.1) is 10.2 Å².